The number of hydrogen-bond acceptors (Lipinski definition) is 4. The largest absolute Gasteiger partial charge is 0.479 e. The van der Waals surface area contributed by atoms with Crippen molar-refractivity contribution in [2.75, 3.05) is 13.1 Å². The van der Waals surface area contributed by atoms with E-state index in [4.69, 9.17) is 14.3 Å². The Bertz CT molecular complexity index is 735. The number of carboxylic acids is 1. The minimum absolute atomic E-state index is 0.0228. The minimum Gasteiger partial charge on any atom is -0.479 e. The van der Waals surface area contributed by atoms with Crippen LogP contribution in [0.15, 0.2) is 28.7 Å². The van der Waals surface area contributed by atoms with Crippen molar-refractivity contribution in [2.45, 2.75) is 26.1 Å². The van der Waals surface area contributed by atoms with E-state index in [1.807, 2.05) is 25.1 Å². The van der Waals surface area contributed by atoms with Gasteiger partial charge in [0.05, 0.1) is 12.6 Å². The molecule has 1 aliphatic heterocycles. The van der Waals surface area contributed by atoms with Crippen LogP contribution in [0.4, 0.5) is 0 Å². The van der Waals surface area contributed by atoms with Gasteiger partial charge in [0.25, 0.3) is 5.91 Å². The van der Waals surface area contributed by atoms with E-state index >= 15 is 0 Å². The normalized spacial score (nSPS) is 22.0. The van der Waals surface area contributed by atoms with E-state index < -0.39 is 12.1 Å². The van der Waals surface area contributed by atoms with Crippen molar-refractivity contribution in [2.24, 2.45) is 0 Å². The van der Waals surface area contributed by atoms with Crippen molar-refractivity contribution >= 4 is 22.8 Å². The number of aliphatic carboxylic acids is 1. The number of fused-ring (bicyclic) bond motifs is 1. The lowest BCUT2D eigenvalue weighted by atomic mass is 10.1. The highest BCUT2D eigenvalue weighted by molar-refractivity contribution is 5.99. The van der Waals surface area contributed by atoms with Gasteiger partial charge in [0.1, 0.15) is 5.58 Å². The highest BCUT2D eigenvalue weighted by Gasteiger charge is 2.34. The first-order valence-corrected chi connectivity index (χ1v) is 7.13. The summed E-state index contributed by atoms with van der Waals surface area (Å²) in [7, 11) is 0. The number of furan rings is 1. The van der Waals surface area contributed by atoms with E-state index in [0.29, 0.717) is 12.1 Å². The average Bonchev–Trinajstić information content (AvgIpc) is 2.83. The Labute approximate surface area is 127 Å². The van der Waals surface area contributed by atoms with Gasteiger partial charge in [0.2, 0.25) is 0 Å². The molecule has 0 saturated carbocycles. The number of ether oxygens (including phenoxy) is 1. The van der Waals surface area contributed by atoms with Crippen LogP contribution < -0.4 is 0 Å². The van der Waals surface area contributed by atoms with Crippen LogP contribution in [0.1, 0.15) is 23.0 Å². The molecule has 6 heteroatoms. The number of benzene rings is 1. The molecule has 0 bridgehead atoms. The SMILES string of the molecule is Cc1c(C(=O)N2CC(C(=O)O)O[C@H](C)C2)oc2ccccc12. The van der Waals surface area contributed by atoms with E-state index in [-0.39, 0.29) is 24.3 Å². The molecule has 0 spiro atoms. The third-order valence-electron chi connectivity index (χ3n) is 3.86. The molecule has 1 saturated heterocycles. The molecule has 2 heterocycles. The summed E-state index contributed by atoms with van der Waals surface area (Å²) in [4.78, 5) is 25.3. The van der Waals surface area contributed by atoms with Crippen molar-refractivity contribution in [3.8, 4) is 0 Å². The van der Waals surface area contributed by atoms with Crippen LogP contribution in [0.2, 0.25) is 0 Å². The van der Waals surface area contributed by atoms with Crippen LogP contribution in [0.3, 0.4) is 0 Å². The molecule has 0 radical (unpaired) electrons. The van der Waals surface area contributed by atoms with Crippen molar-refractivity contribution in [3.05, 3.63) is 35.6 Å². The first kappa shape index (κ1) is 14.6. The summed E-state index contributed by atoms with van der Waals surface area (Å²) in [5.74, 6) is -1.10. The number of carbonyl (C=O) groups excluding carboxylic acids is 1. The van der Waals surface area contributed by atoms with E-state index in [0.717, 1.165) is 10.9 Å². The highest BCUT2D eigenvalue weighted by Crippen LogP contribution is 2.26. The van der Waals surface area contributed by atoms with E-state index in [1.165, 1.54) is 4.90 Å². The third-order valence-corrected chi connectivity index (χ3v) is 3.86. The number of amides is 1. The van der Waals surface area contributed by atoms with Crippen LogP contribution in [0.25, 0.3) is 11.0 Å². The van der Waals surface area contributed by atoms with Gasteiger partial charge < -0.3 is 19.2 Å². The fourth-order valence-corrected chi connectivity index (χ4v) is 2.78. The molecular formula is C16H17NO5. The Kier molecular flexibility index (Phi) is 3.62. The zero-order valence-electron chi connectivity index (χ0n) is 12.4. The number of carbonyl (C=O) groups is 2. The number of hydrogen-bond donors (Lipinski definition) is 1. The number of para-hydroxylation sites is 1. The Morgan fingerprint density at radius 2 is 2.00 bits per heavy atom. The standard InChI is InChI=1S/C16H17NO5/c1-9-7-17(8-13(21-9)16(19)20)15(18)14-10(2)11-5-3-4-6-12(11)22-14/h3-6,9,13H,7-8H2,1-2H3,(H,19,20)/t9-,13?/m1/s1. The summed E-state index contributed by atoms with van der Waals surface area (Å²) in [5, 5.41) is 10.00. The maximum absolute atomic E-state index is 12.7. The topological polar surface area (TPSA) is 80.0 Å². The van der Waals surface area contributed by atoms with E-state index in [9.17, 15) is 9.59 Å². The Morgan fingerprint density at radius 3 is 2.68 bits per heavy atom. The second-order valence-electron chi connectivity index (χ2n) is 5.54. The predicted octanol–water partition coefficient (Wildman–Crippen LogP) is 2.06. The molecule has 2 atom stereocenters. The summed E-state index contributed by atoms with van der Waals surface area (Å²) < 4.78 is 11.0. The summed E-state index contributed by atoms with van der Waals surface area (Å²) in [6.07, 6.45) is -1.33. The van der Waals surface area contributed by atoms with E-state index in [2.05, 4.69) is 0 Å². The van der Waals surface area contributed by atoms with Crippen LogP contribution >= 0.6 is 0 Å². The molecule has 0 aliphatic carbocycles. The highest BCUT2D eigenvalue weighted by atomic mass is 16.5. The molecule has 1 fully saturated rings. The van der Waals surface area contributed by atoms with E-state index in [1.54, 1.807) is 13.0 Å². The number of nitrogens with zero attached hydrogens (tertiary/aromatic N) is 1. The van der Waals surface area contributed by atoms with Crippen LogP contribution in [0, 0.1) is 6.92 Å². The summed E-state index contributed by atoms with van der Waals surface area (Å²) in [6, 6.07) is 7.43. The zero-order valence-corrected chi connectivity index (χ0v) is 12.4. The van der Waals surface area contributed by atoms with Gasteiger partial charge in [-0.2, -0.15) is 0 Å². The zero-order chi connectivity index (χ0) is 15.9. The Hall–Kier alpha value is -2.34. The summed E-state index contributed by atoms with van der Waals surface area (Å²) >= 11 is 0. The lowest BCUT2D eigenvalue weighted by Gasteiger charge is -2.34. The predicted molar refractivity (Wildman–Crippen MR) is 78.8 cm³/mol. The fourth-order valence-electron chi connectivity index (χ4n) is 2.78. The van der Waals surface area contributed by atoms with Gasteiger partial charge in [-0.3, -0.25) is 4.79 Å². The Morgan fingerprint density at radius 1 is 1.27 bits per heavy atom. The van der Waals surface area contributed by atoms with Gasteiger partial charge >= 0.3 is 5.97 Å². The smallest absolute Gasteiger partial charge is 0.334 e. The molecule has 2 aromatic rings. The second-order valence-corrected chi connectivity index (χ2v) is 5.54. The molecule has 6 nitrogen and oxygen atoms in total. The molecule has 1 amide bonds. The first-order valence-electron chi connectivity index (χ1n) is 7.13. The lowest BCUT2D eigenvalue weighted by Crippen LogP contribution is -2.51. The maximum atomic E-state index is 12.7. The molecule has 116 valence electrons. The molecule has 1 aliphatic rings. The molecule has 1 aromatic heterocycles. The molecule has 3 rings (SSSR count). The third kappa shape index (κ3) is 2.46. The molecule has 1 N–H and O–H groups in total. The van der Waals surface area contributed by atoms with Crippen molar-refractivity contribution in [1.29, 1.82) is 0 Å². The minimum atomic E-state index is -1.06. The number of carboxylic acid groups (broad SMARTS) is 1. The van der Waals surface area contributed by atoms with Gasteiger partial charge in [-0.25, -0.2) is 4.79 Å². The monoisotopic (exact) mass is 303 g/mol. The van der Waals surface area contributed by atoms with Crippen molar-refractivity contribution in [3.63, 3.8) is 0 Å². The lowest BCUT2D eigenvalue weighted by molar-refractivity contribution is -0.160. The van der Waals surface area contributed by atoms with Crippen LogP contribution in [0.5, 0.6) is 0 Å². The molecular weight excluding hydrogens is 286 g/mol. The molecule has 1 unspecified atom stereocenters. The van der Waals surface area contributed by atoms with Crippen LogP contribution in [-0.2, 0) is 9.53 Å². The first-order chi connectivity index (χ1) is 10.5. The summed E-state index contributed by atoms with van der Waals surface area (Å²) in [6.45, 7) is 3.95. The quantitative estimate of drug-likeness (QED) is 0.918. The van der Waals surface area contributed by atoms with Gasteiger partial charge in [-0.15, -0.1) is 0 Å². The van der Waals surface area contributed by atoms with Crippen molar-refractivity contribution in [1.82, 2.24) is 4.90 Å². The second kappa shape index (κ2) is 5.46. The maximum Gasteiger partial charge on any atom is 0.334 e. The van der Waals surface area contributed by atoms with Gasteiger partial charge in [0.15, 0.2) is 11.9 Å². The number of rotatable bonds is 2. The van der Waals surface area contributed by atoms with Gasteiger partial charge in [-0.05, 0) is 19.9 Å². The van der Waals surface area contributed by atoms with Crippen LogP contribution in [-0.4, -0.2) is 47.2 Å². The van der Waals surface area contributed by atoms with Gasteiger partial charge in [0, 0.05) is 17.5 Å². The number of morpholine rings is 1. The van der Waals surface area contributed by atoms with Crippen molar-refractivity contribution < 1.29 is 23.8 Å². The molecule has 22 heavy (non-hydrogen) atoms. The summed E-state index contributed by atoms with van der Waals surface area (Å²) in [5.41, 5.74) is 1.42. The number of aryl methyl sites for hydroxylation is 1. The molecule has 1 aromatic carbocycles. The Balaban J connectivity index is 1.91. The average molecular weight is 303 g/mol. The fraction of sp³-hybridized carbons (Fsp3) is 0.375. The van der Waals surface area contributed by atoms with Gasteiger partial charge in [-0.1, -0.05) is 18.2 Å².